The van der Waals surface area contributed by atoms with Crippen molar-refractivity contribution in [1.29, 1.82) is 0 Å². The fourth-order valence-corrected chi connectivity index (χ4v) is 2.42. The second kappa shape index (κ2) is 7.79. The lowest BCUT2D eigenvalue weighted by Crippen LogP contribution is -1.98. The van der Waals surface area contributed by atoms with E-state index in [0.717, 1.165) is 41.8 Å². The molecule has 0 spiro atoms. The Morgan fingerprint density at radius 3 is 2.58 bits per heavy atom. The smallest absolute Gasteiger partial charge is 0.119 e. The van der Waals surface area contributed by atoms with Crippen molar-refractivity contribution in [3.63, 3.8) is 0 Å². The maximum atomic E-state index is 5.65. The maximum Gasteiger partial charge on any atom is 0.119 e. The molecular formula is C15H18O3S. The van der Waals surface area contributed by atoms with Crippen molar-refractivity contribution in [3.8, 4) is 11.5 Å². The lowest BCUT2D eigenvalue weighted by molar-refractivity contribution is 0.318. The molecule has 2 aromatic rings. The van der Waals surface area contributed by atoms with Gasteiger partial charge in [-0.05, 0) is 48.6 Å². The molecule has 0 aliphatic heterocycles. The van der Waals surface area contributed by atoms with E-state index in [4.69, 9.17) is 13.9 Å². The van der Waals surface area contributed by atoms with E-state index in [-0.39, 0.29) is 0 Å². The van der Waals surface area contributed by atoms with Gasteiger partial charge < -0.3 is 13.9 Å². The predicted octanol–water partition coefficient (Wildman–Crippen LogP) is 3.99. The highest BCUT2D eigenvalue weighted by atomic mass is 32.2. The summed E-state index contributed by atoms with van der Waals surface area (Å²) in [5.74, 6) is 4.76. The van der Waals surface area contributed by atoms with Crippen LogP contribution in [0.5, 0.6) is 11.5 Å². The third kappa shape index (κ3) is 4.91. The molecule has 102 valence electrons. The Balaban J connectivity index is 1.56. The summed E-state index contributed by atoms with van der Waals surface area (Å²) in [5, 5.41) is 0. The zero-order valence-electron chi connectivity index (χ0n) is 11.0. The standard InChI is InChI=1S/C15H18O3S/c1-16-13-5-7-14(8-6-13)17-10-3-11-19-12-15-4-2-9-18-15/h2,4-9H,3,10-12H2,1H3. The molecule has 1 aromatic heterocycles. The molecule has 0 aliphatic carbocycles. The lowest BCUT2D eigenvalue weighted by Gasteiger charge is -2.06. The summed E-state index contributed by atoms with van der Waals surface area (Å²) in [4.78, 5) is 0. The first-order chi connectivity index (χ1) is 9.38. The fourth-order valence-electron chi connectivity index (χ4n) is 1.59. The number of furan rings is 1. The Labute approximate surface area is 117 Å². The molecule has 0 amide bonds. The second-order valence-corrected chi connectivity index (χ2v) is 5.11. The van der Waals surface area contributed by atoms with Crippen molar-refractivity contribution in [2.45, 2.75) is 12.2 Å². The minimum absolute atomic E-state index is 0.734. The average molecular weight is 278 g/mol. The van der Waals surface area contributed by atoms with Gasteiger partial charge in [-0.25, -0.2) is 0 Å². The van der Waals surface area contributed by atoms with Gasteiger partial charge in [-0.1, -0.05) is 0 Å². The van der Waals surface area contributed by atoms with Gasteiger partial charge in [0.2, 0.25) is 0 Å². The van der Waals surface area contributed by atoms with Crippen LogP contribution in [-0.4, -0.2) is 19.5 Å². The van der Waals surface area contributed by atoms with Crippen LogP contribution in [0.4, 0.5) is 0 Å². The highest BCUT2D eigenvalue weighted by Gasteiger charge is 1.97. The summed E-state index contributed by atoms with van der Waals surface area (Å²) >= 11 is 1.86. The van der Waals surface area contributed by atoms with Crippen LogP contribution < -0.4 is 9.47 Å². The van der Waals surface area contributed by atoms with E-state index < -0.39 is 0 Å². The summed E-state index contributed by atoms with van der Waals surface area (Å²) in [5.41, 5.74) is 0. The molecule has 3 nitrogen and oxygen atoms in total. The van der Waals surface area contributed by atoms with Crippen molar-refractivity contribution >= 4 is 11.8 Å². The summed E-state index contributed by atoms with van der Waals surface area (Å²) in [7, 11) is 1.66. The molecule has 2 rings (SSSR count). The van der Waals surface area contributed by atoms with E-state index in [1.54, 1.807) is 13.4 Å². The van der Waals surface area contributed by atoms with Crippen molar-refractivity contribution in [2.24, 2.45) is 0 Å². The van der Waals surface area contributed by atoms with Crippen molar-refractivity contribution in [1.82, 2.24) is 0 Å². The average Bonchev–Trinajstić information content (AvgIpc) is 2.96. The molecule has 0 fully saturated rings. The molecule has 19 heavy (non-hydrogen) atoms. The van der Waals surface area contributed by atoms with Crippen molar-refractivity contribution < 1.29 is 13.9 Å². The molecule has 1 heterocycles. The highest BCUT2D eigenvalue weighted by molar-refractivity contribution is 7.98. The van der Waals surface area contributed by atoms with Crippen LogP contribution in [0.25, 0.3) is 0 Å². The lowest BCUT2D eigenvalue weighted by atomic mass is 10.3. The van der Waals surface area contributed by atoms with Crippen LogP contribution in [0.1, 0.15) is 12.2 Å². The van der Waals surface area contributed by atoms with Gasteiger partial charge in [-0.15, -0.1) is 0 Å². The first-order valence-corrected chi connectivity index (χ1v) is 7.41. The van der Waals surface area contributed by atoms with Gasteiger partial charge in [-0.2, -0.15) is 11.8 Å². The van der Waals surface area contributed by atoms with Crippen molar-refractivity contribution in [3.05, 3.63) is 48.4 Å². The minimum Gasteiger partial charge on any atom is -0.497 e. The minimum atomic E-state index is 0.734. The van der Waals surface area contributed by atoms with Gasteiger partial charge in [0.25, 0.3) is 0 Å². The molecule has 4 heteroatoms. The number of benzene rings is 1. The van der Waals surface area contributed by atoms with Gasteiger partial charge >= 0.3 is 0 Å². The Bertz CT molecular complexity index is 451. The normalized spacial score (nSPS) is 10.4. The number of hydrogen-bond acceptors (Lipinski definition) is 4. The number of methoxy groups -OCH3 is 1. The van der Waals surface area contributed by atoms with Crippen LogP contribution in [0.2, 0.25) is 0 Å². The van der Waals surface area contributed by atoms with E-state index in [9.17, 15) is 0 Å². The molecular weight excluding hydrogens is 260 g/mol. The summed E-state index contributed by atoms with van der Waals surface area (Å²) in [6, 6.07) is 11.6. The van der Waals surface area contributed by atoms with E-state index >= 15 is 0 Å². The quantitative estimate of drug-likeness (QED) is 0.683. The topological polar surface area (TPSA) is 31.6 Å². The van der Waals surface area contributed by atoms with Gasteiger partial charge in [0.1, 0.15) is 17.3 Å². The van der Waals surface area contributed by atoms with E-state index in [1.165, 1.54) is 0 Å². The summed E-state index contributed by atoms with van der Waals surface area (Å²) in [6.07, 6.45) is 2.74. The van der Waals surface area contributed by atoms with Gasteiger partial charge in [-0.3, -0.25) is 0 Å². The SMILES string of the molecule is COc1ccc(OCCCSCc2ccco2)cc1. The Hall–Kier alpha value is -1.55. The number of thioether (sulfide) groups is 1. The Morgan fingerprint density at radius 2 is 1.89 bits per heavy atom. The molecule has 0 unspecified atom stereocenters. The number of rotatable bonds is 8. The second-order valence-electron chi connectivity index (χ2n) is 4.01. The molecule has 0 N–H and O–H groups in total. The third-order valence-electron chi connectivity index (χ3n) is 2.59. The van der Waals surface area contributed by atoms with Crippen LogP contribution in [0.3, 0.4) is 0 Å². The van der Waals surface area contributed by atoms with Gasteiger partial charge in [0, 0.05) is 0 Å². The number of ether oxygens (including phenoxy) is 2. The van der Waals surface area contributed by atoms with Crippen LogP contribution in [0, 0.1) is 0 Å². The molecule has 0 radical (unpaired) electrons. The van der Waals surface area contributed by atoms with Gasteiger partial charge in [0.15, 0.2) is 0 Å². The summed E-state index contributed by atoms with van der Waals surface area (Å²) in [6.45, 7) is 0.734. The Morgan fingerprint density at radius 1 is 1.11 bits per heavy atom. The molecule has 0 atom stereocenters. The molecule has 0 saturated carbocycles. The van der Waals surface area contributed by atoms with Gasteiger partial charge in [0.05, 0.1) is 25.7 Å². The Kier molecular flexibility index (Phi) is 5.69. The molecule has 1 aromatic carbocycles. The maximum absolute atomic E-state index is 5.65. The largest absolute Gasteiger partial charge is 0.497 e. The number of hydrogen-bond donors (Lipinski definition) is 0. The molecule has 0 aliphatic rings. The van der Waals surface area contributed by atoms with Crippen molar-refractivity contribution in [2.75, 3.05) is 19.5 Å². The predicted molar refractivity (Wildman–Crippen MR) is 78.0 cm³/mol. The van der Waals surface area contributed by atoms with E-state index in [2.05, 4.69) is 0 Å². The van der Waals surface area contributed by atoms with E-state index in [1.807, 2.05) is 48.2 Å². The first kappa shape index (κ1) is 13.9. The first-order valence-electron chi connectivity index (χ1n) is 6.25. The van der Waals surface area contributed by atoms with Crippen LogP contribution in [-0.2, 0) is 5.75 Å². The van der Waals surface area contributed by atoms with E-state index in [0.29, 0.717) is 0 Å². The highest BCUT2D eigenvalue weighted by Crippen LogP contribution is 2.18. The molecule has 0 bridgehead atoms. The summed E-state index contributed by atoms with van der Waals surface area (Å²) < 4.78 is 16.0. The van der Waals surface area contributed by atoms with Crippen LogP contribution in [0.15, 0.2) is 47.1 Å². The van der Waals surface area contributed by atoms with Crippen LogP contribution >= 0.6 is 11.8 Å². The zero-order valence-corrected chi connectivity index (χ0v) is 11.8. The molecule has 0 saturated heterocycles. The monoisotopic (exact) mass is 278 g/mol. The fraction of sp³-hybridized carbons (Fsp3) is 0.333. The third-order valence-corrected chi connectivity index (χ3v) is 3.65. The zero-order chi connectivity index (χ0) is 13.3.